The van der Waals surface area contributed by atoms with Gasteiger partial charge in [0.2, 0.25) is 0 Å². The predicted octanol–water partition coefficient (Wildman–Crippen LogP) is 2.12. The number of phenolic OH excluding ortho intramolecular Hbond substituents is 1. The normalized spacial score (nSPS) is 12.5. The van der Waals surface area contributed by atoms with E-state index < -0.39 is 11.3 Å². The molecule has 0 radical (unpaired) electrons. The minimum Gasteiger partial charge on any atom is -0.755 e. The number of anilines is 1. The number of phenols is 1. The van der Waals surface area contributed by atoms with Crippen LogP contribution < -0.4 is 4.72 Å². The molecule has 2 N–H and O–H groups in total. The Kier molecular flexibility index (Phi) is 3.72. The summed E-state index contributed by atoms with van der Waals surface area (Å²) in [4.78, 5) is 0. The van der Waals surface area contributed by atoms with Crippen LogP contribution in [0.25, 0.3) is 0 Å². The van der Waals surface area contributed by atoms with Gasteiger partial charge in [-0.05, 0) is 44.0 Å². The number of hydrogen-bond acceptors (Lipinski definition) is 3. The second kappa shape index (κ2) is 4.41. The zero-order valence-corrected chi connectivity index (χ0v) is 10.1. The van der Waals surface area contributed by atoms with Gasteiger partial charge in [-0.2, -0.15) is 0 Å². The van der Waals surface area contributed by atoms with Crippen LogP contribution in [0.3, 0.4) is 0 Å². The first-order valence-corrected chi connectivity index (χ1v) is 5.70. The molecule has 0 aliphatic heterocycles. The van der Waals surface area contributed by atoms with Gasteiger partial charge >= 0.3 is 0 Å². The number of hydrogen-bond donors (Lipinski definition) is 2. The maximum absolute atomic E-state index is 10.3. The molecule has 0 bridgehead atoms. The van der Waals surface area contributed by atoms with Crippen LogP contribution in [0.4, 0.5) is 5.69 Å². The van der Waals surface area contributed by atoms with Crippen LogP contribution in [0.15, 0.2) is 21.1 Å². The standard InChI is InChI=1S/C6H5Br2NO3S/c7-4-1-3(9-13(11)12)2-5(8)6(4)10/h1-2,9-10H,(H,11,12)/p-1. The molecule has 7 heteroatoms. The Morgan fingerprint density at radius 2 is 1.85 bits per heavy atom. The molecule has 0 fully saturated rings. The van der Waals surface area contributed by atoms with Gasteiger partial charge in [0.25, 0.3) is 0 Å². The first-order chi connectivity index (χ1) is 6.00. The van der Waals surface area contributed by atoms with Crippen LogP contribution >= 0.6 is 31.9 Å². The van der Waals surface area contributed by atoms with E-state index in [2.05, 4.69) is 36.6 Å². The molecule has 1 aromatic rings. The van der Waals surface area contributed by atoms with Crippen molar-refractivity contribution in [3.05, 3.63) is 21.1 Å². The summed E-state index contributed by atoms with van der Waals surface area (Å²) >= 11 is 3.77. The molecule has 0 saturated carbocycles. The highest BCUT2D eigenvalue weighted by Crippen LogP contribution is 2.35. The second-order valence-corrected chi connectivity index (χ2v) is 4.51. The molecule has 0 heterocycles. The van der Waals surface area contributed by atoms with E-state index in [1.807, 2.05) is 0 Å². The molecule has 72 valence electrons. The van der Waals surface area contributed by atoms with E-state index >= 15 is 0 Å². The largest absolute Gasteiger partial charge is 0.755 e. The fraction of sp³-hybridized carbons (Fsp3) is 0. The highest BCUT2D eigenvalue weighted by molar-refractivity contribution is 9.11. The third-order valence-corrected chi connectivity index (χ3v) is 2.83. The maximum Gasteiger partial charge on any atom is 0.144 e. The van der Waals surface area contributed by atoms with Crippen LogP contribution in [0.2, 0.25) is 0 Å². The van der Waals surface area contributed by atoms with Gasteiger partial charge in [0.05, 0.1) is 8.95 Å². The highest BCUT2D eigenvalue weighted by Gasteiger charge is 2.05. The second-order valence-electron chi connectivity index (χ2n) is 2.13. The van der Waals surface area contributed by atoms with Crippen LogP contribution in [-0.4, -0.2) is 13.9 Å². The predicted molar refractivity (Wildman–Crippen MR) is 56.0 cm³/mol. The SMILES string of the molecule is O=S([O-])Nc1cc(Br)c(O)c(Br)c1. The van der Waals surface area contributed by atoms with E-state index in [9.17, 15) is 13.9 Å². The molecule has 0 aromatic heterocycles. The summed E-state index contributed by atoms with van der Waals surface area (Å²) in [6, 6.07) is 2.91. The molecule has 0 amide bonds. The monoisotopic (exact) mass is 328 g/mol. The highest BCUT2D eigenvalue weighted by atomic mass is 79.9. The van der Waals surface area contributed by atoms with Crippen molar-refractivity contribution in [2.45, 2.75) is 0 Å². The molecular weight excluding hydrogens is 326 g/mol. The topological polar surface area (TPSA) is 72.4 Å². The summed E-state index contributed by atoms with van der Waals surface area (Å²) in [6.07, 6.45) is 0. The Hall–Kier alpha value is -0.110. The average Bonchev–Trinajstić information content (AvgIpc) is 1.98. The lowest BCUT2D eigenvalue weighted by Crippen LogP contribution is -2.01. The summed E-state index contributed by atoms with van der Waals surface area (Å²) in [5.41, 5.74) is 0.366. The van der Waals surface area contributed by atoms with Crippen molar-refractivity contribution in [3.8, 4) is 5.75 Å². The molecule has 1 atom stereocenters. The zero-order chi connectivity index (χ0) is 10.0. The van der Waals surface area contributed by atoms with Gasteiger partial charge in [-0.25, -0.2) is 0 Å². The van der Waals surface area contributed by atoms with Crippen LogP contribution in [0, 0.1) is 0 Å². The van der Waals surface area contributed by atoms with Crippen molar-refractivity contribution < 1.29 is 13.9 Å². The van der Waals surface area contributed by atoms with Gasteiger partial charge in [0, 0.05) is 17.0 Å². The van der Waals surface area contributed by atoms with E-state index in [1.54, 1.807) is 0 Å². The third kappa shape index (κ3) is 2.94. The molecule has 13 heavy (non-hydrogen) atoms. The molecule has 0 aliphatic carbocycles. The molecule has 1 rings (SSSR count). The van der Waals surface area contributed by atoms with E-state index in [1.165, 1.54) is 12.1 Å². The van der Waals surface area contributed by atoms with E-state index in [0.717, 1.165) is 0 Å². The first-order valence-electron chi connectivity index (χ1n) is 3.04. The van der Waals surface area contributed by atoms with Crippen LogP contribution in [0.5, 0.6) is 5.75 Å². The number of rotatable bonds is 2. The van der Waals surface area contributed by atoms with E-state index in [4.69, 9.17) is 0 Å². The van der Waals surface area contributed by atoms with Gasteiger partial charge in [0.1, 0.15) is 5.75 Å². The molecule has 4 nitrogen and oxygen atoms in total. The lowest BCUT2D eigenvalue weighted by atomic mass is 10.3. The fourth-order valence-corrected chi connectivity index (χ4v) is 2.22. The smallest absolute Gasteiger partial charge is 0.144 e. The quantitative estimate of drug-likeness (QED) is 0.645. The van der Waals surface area contributed by atoms with Crippen molar-refractivity contribution in [2.24, 2.45) is 0 Å². The van der Waals surface area contributed by atoms with Gasteiger partial charge < -0.3 is 14.4 Å². The Bertz CT molecular complexity index is 335. The minimum atomic E-state index is -2.36. The summed E-state index contributed by atoms with van der Waals surface area (Å²) in [7, 11) is 0. The van der Waals surface area contributed by atoms with Crippen molar-refractivity contribution in [1.29, 1.82) is 0 Å². The van der Waals surface area contributed by atoms with Crippen molar-refractivity contribution >= 4 is 48.8 Å². The molecule has 0 spiro atoms. The summed E-state index contributed by atoms with van der Waals surface area (Å²) in [5.74, 6) is 0.0298. The number of nitrogens with one attached hydrogen (secondary N) is 1. The summed E-state index contributed by atoms with van der Waals surface area (Å²) < 4.78 is 23.5. The van der Waals surface area contributed by atoms with Crippen LogP contribution in [0.1, 0.15) is 0 Å². The molecule has 1 aromatic carbocycles. The van der Waals surface area contributed by atoms with Crippen molar-refractivity contribution in [1.82, 2.24) is 0 Å². The fourth-order valence-electron chi connectivity index (χ4n) is 0.721. The first kappa shape index (κ1) is 11.0. The van der Waals surface area contributed by atoms with Gasteiger partial charge in [-0.15, -0.1) is 0 Å². The van der Waals surface area contributed by atoms with E-state index in [-0.39, 0.29) is 5.75 Å². The Morgan fingerprint density at radius 1 is 1.38 bits per heavy atom. The van der Waals surface area contributed by atoms with Gasteiger partial charge in [0.15, 0.2) is 0 Å². The minimum absolute atomic E-state index is 0.0298. The van der Waals surface area contributed by atoms with E-state index in [0.29, 0.717) is 14.6 Å². The number of halogens is 2. The lowest BCUT2D eigenvalue weighted by Gasteiger charge is -2.10. The maximum atomic E-state index is 10.3. The Balaban J connectivity index is 3.06. The van der Waals surface area contributed by atoms with Crippen LogP contribution in [-0.2, 0) is 11.3 Å². The molecular formula is C6H4Br2NO3S-. The number of aromatic hydroxyl groups is 1. The molecule has 1 unspecified atom stereocenters. The Morgan fingerprint density at radius 3 is 2.23 bits per heavy atom. The lowest BCUT2D eigenvalue weighted by molar-refractivity contribution is 0.468. The summed E-state index contributed by atoms with van der Waals surface area (Å²) in [6.45, 7) is 0. The summed E-state index contributed by atoms with van der Waals surface area (Å²) in [5, 5.41) is 9.29. The van der Waals surface area contributed by atoms with Crippen molar-refractivity contribution in [3.63, 3.8) is 0 Å². The van der Waals surface area contributed by atoms with Gasteiger partial charge in [-0.3, -0.25) is 4.21 Å². The molecule has 0 saturated heterocycles. The Labute approximate surface area is 94.0 Å². The molecule has 0 aliphatic rings. The number of benzene rings is 1. The third-order valence-electron chi connectivity index (χ3n) is 1.22. The van der Waals surface area contributed by atoms with Crippen molar-refractivity contribution in [2.75, 3.05) is 4.72 Å². The van der Waals surface area contributed by atoms with Gasteiger partial charge in [-0.1, -0.05) is 0 Å². The average molecular weight is 330 g/mol. The zero-order valence-electron chi connectivity index (χ0n) is 6.08.